The lowest BCUT2D eigenvalue weighted by molar-refractivity contribution is -0.152. The molecular weight excluding hydrogens is 240 g/mol. The topological polar surface area (TPSA) is 47.3 Å². The zero-order valence-electron chi connectivity index (χ0n) is 12.3. The van der Waals surface area contributed by atoms with Crippen molar-refractivity contribution in [1.82, 2.24) is 9.78 Å². The summed E-state index contributed by atoms with van der Waals surface area (Å²) < 4.78 is 7.90. The summed E-state index contributed by atoms with van der Waals surface area (Å²) in [5.74, 6) is 0.605. The van der Waals surface area contributed by atoms with Crippen molar-refractivity contribution in [1.29, 1.82) is 0 Å². The van der Waals surface area contributed by atoms with Gasteiger partial charge < -0.3 is 9.84 Å². The Morgan fingerprint density at radius 1 is 1.58 bits per heavy atom. The molecule has 1 aliphatic carbocycles. The van der Waals surface area contributed by atoms with Gasteiger partial charge in [0.25, 0.3) is 0 Å². The Morgan fingerprint density at radius 3 is 3.00 bits per heavy atom. The summed E-state index contributed by atoms with van der Waals surface area (Å²) in [6.45, 7) is 7.71. The highest BCUT2D eigenvalue weighted by Gasteiger charge is 2.43. The third-order valence-corrected chi connectivity index (χ3v) is 4.25. The Hall–Kier alpha value is -0.870. The molecule has 1 aliphatic rings. The molecule has 1 aromatic rings. The number of ether oxygens (including phenoxy) is 1. The molecule has 4 nitrogen and oxygen atoms in total. The van der Waals surface area contributed by atoms with Crippen LogP contribution in [0.4, 0.5) is 0 Å². The van der Waals surface area contributed by atoms with Gasteiger partial charge in [0.1, 0.15) is 6.10 Å². The van der Waals surface area contributed by atoms with Crippen LogP contribution >= 0.6 is 0 Å². The van der Waals surface area contributed by atoms with Gasteiger partial charge in [-0.05, 0) is 38.7 Å². The summed E-state index contributed by atoms with van der Waals surface area (Å²) in [5, 5.41) is 15.1. The molecule has 3 unspecified atom stereocenters. The molecule has 1 fully saturated rings. The highest BCUT2D eigenvalue weighted by Crippen LogP contribution is 2.43. The smallest absolute Gasteiger partial charge is 0.124 e. The van der Waals surface area contributed by atoms with E-state index < -0.39 is 11.7 Å². The van der Waals surface area contributed by atoms with E-state index in [4.69, 9.17) is 4.74 Å². The van der Waals surface area contributed by atoms with Gasteiger partial charge in [-0.3, -0.25) is 4.68 Å². The van der Waals surface area contributed by atoms with Crippen LogP contribution in [0.2, 0.25) is 0 Å². The van der Waals surface area contributed by atoms with Crippen LogP contribution in [0.15, 0.2) is 12.3 Å². The average molecular weight is 266 g/mol. The summed E-state index contributed by atoms with van der Waals surface area (Å²) in [6.07, 6.45) is 5.39. The number of aliphatic hydroxyl groups is 1. The Balaban J connectivity index is 2.27. The Labute approximate surface area is 115 Å². The average Bonchev–Trinajstić information content (AvgIpc) is 2.86. The Morgan fingerprint density at radius 2 is 2.37 bits per heavy atom. The fourth-order valence-electron chi connectivity index (χ4n) is 3.40. The number of aromatic nitrogens is 2. The van der Waals surface area contributed by atoms with Crippen LogP contribution in [0.3, 0.4) is 0 Å². The second-order valence-electron chi connectivity index (χ2n) is 5.67. The summed E-state index contributed by atoms with van der Waals surface area (Å²) in [6, 6.07) is 1.91. The molecule has 0 bridgehead atoms. The lowest BCUT2D eigenvalue weighted by Crippen LogP contribution is -2.44. The third-order valence-electron chi connectivity index (χ3n) is 4.25. The lowest BCUT2D eigenvalue weighted by Gasteiger charge is -2.43. The van der Waals surface area contributed by atoms with Gasteiger partial charge in [-0.25, -0.2) is 0 Å². The minimum absolute atomic E-state index is 0.431. The van der Waals surface area contributed by atoms with E-state index in [9.17, 15) is 5.11 Å². The molecule has 1 N–H and O–H groups in total. The first-order valence-corrected chi connectivity index (χ1v) is 7.46. The second kappa shape index (κ2) is 6.06. The molecule has 1 saturated carbocycles. The highest BCUT2D eigenvalue weighted by molar-refractivity contribution is 5.11. The molecule has 2 rings (SSSR count). The molecule has 108 valence electrons. The maximum absolute atomic E-state index is 10.9. The van der Waals surface area contributed by atoms with Crippen molar-refractivity contribution >= 4 is 0 Å². The Kier molecular flexibility index (Phi) is 4.63. The minimum Gasteiger partial charge on any atom is -0.384 e. The Bertz CT molecular complexity index is 401. The van der Waals surface area contributed by atoms with Crippen LogP contribution in [0, 0.1) is 5.92 Å². The van der Waals surface area contributed by atoms with E-state index in [1.54, 1.807) is 6.20 Å². The molecule has 4 heteroatoms. The maximum atomic E-state index is 10.9. The van der Waals surface area contributed by atoms with Crippen molar-refractivity contribution in [3.05, 3.63) is 18.0 Å². The zero-order valence-corrected chi connectivity index (χ0v) is 12.3. The predicted octanol–water partition coefficient (Wildman–Crippen LogP) is 2.92. The van der Waals surface area contributed by atoms with Gasteiger partial charge >= 0.3 is 0 Å². The van der Waals surface area contributed by atoms with E-state index in [1.165, 1.54) is 6.42 Å². The van der Waals surface area contributed by atoms with E-state index >= 15 is 0 Å². The molecule has 0 aliphatic heterocycles. The normalized spacial score (nSPS) is 29.4. The summed E-state index contributed by atoms with van der Waals surface area (Å²) >= 11 is 0. The summed E-state index contributed by atoms with van der Waals surface area (Å²) in [7, 11) is 0. The first-order chi connectivity index (χ1) is 9.13. The van der Waals surface area contributed by atoms with Crippen molar-refractivity contribution in [2.24, 2.45) is 5.92 Å². The van der Waals surface area contributed by atoms with E-state index in [1.807, 2.05) is 24.6 Å². The molecule has 1 aromatic heterocycles. The maximum Gasteiger partial charge on any atom is 0.124 e. The lowest BCUT2D eigenvalue weighted by atomic mass is 9.74. The molecule has 3 atom stereocenters. The van der Waals surface area contributed by atoms with Crippen LogP contribution in [-0.4, -0.2) is 27.1 Å². The van der Waals surface area contributed by atoms with E-state index in [2.05, 4.69) is 12.0 Å². The van der Waals surface area contributed by atoms with Crippen molar-refractivity contribution in [2.45, 2.75) is 64.7 Å². The van der Waals surface area contributed by atoms with Gasteiger partial charge in [0.05, 0.1) is 11.3 Å². The number of aliphatic hydroxyl groups excluding tert-OH is 1. The van der Waals surface area contributed by atoms with Crippen molar-refractivity contribution < 1.29 is 9.84 Å². The van der Waals surface area contributed by atoms with Crippen LogP contribution in [0.1, 0.15) is 58.3 Å². The molecule has 0 spiro atoms. The molecule has 0 amide bonds. The number of hydrogen-bond donors (Lipinski definition) is 1. The number of aryl methyl sites for hydroxylation is 1. The van der Waals surface area contributed by atoms with Crippen LogP contribution < -0.4 is 0 Å². The van der Waals surface area contributed by atoms with Crippen molar-refractivity contribution in [3.63, 3.8) is 0 Å². The largest absolute Gasteiger partial charge is 0.384 e. The highest BCUT2D eigenvalue weighted by atomic mass is 16.5. The van der Waals surface area contributed by atoms with Gasteiger partial charge in [-0.15, -0.1) is 0 Å². The molecule has 19 heavy (non-hydrogen) atoms. The van der Waals surface area contributed by atoms with Gasteiger partial charge in [0.15, 0.2) is 0 Å². The number of rotatable bonds is 5. The predicted molar refractivity (Wildman–Crippen MR) is 74.8 cm³/mol. The van der Waals surface area contributed by atoms with Gasteiger partial charge in [0, 0.05) is 19.3 Å². The van der Waals surface area contributed by atoms with Gasteiger partial charge in [-0.2, -0.15) is 5.10 Å². The molecule has 1 heterocycles. The number of hydrogen-bond acceptors (Lipinski definition) is 3. The van der Waals surface area contributed by atoms with Gasteiger partial charge in [0.2, 0.25) is 0 Å². The summed E-state index contributed by atoms with van der Waals surface area (Å²) in [5.41, 5.74) is 0.448. The minimum atomic E-state index is -0.586. The van der Waals surface area contributed by atoms with Crippen molar-refractivity contribution in [2.75, 3.05) is 6.61 Å². The zero-order chi connectivity index (χ0) is 13.9. The molecular formula is C15H26N2O2. The fraction of sp³-hybridized carbons (Fsp3) is 0.800. The summed E-state index contributed by atoms with van der Waals surface area (Å²) in [4.78, 5) is 0. The van der Waals surface area contributed by atoms with Crippen LogP contribution in [-0.2, 0) is 11.3 Å². The molecule has 0 aromatic carbocycles. The number of nitrogens with zero attached hydrogens (tertiary/aromatic N) is 2. The van der Waals surface area contributed by atoms with E-state index in [0.29, 0.717) is 12.5 Å². The van der Waals surface area contributed by atoms with Crippen LogP contribution in [0.25, 0.3) is 0 Å². The standard InChI is InChI=1S/C15H26N2O2/c1-4-17-13(8-10-16-17)14(18)15(19-5-2)9-6-7-12(3)11-15/h8,10,12,14,18H,4-7,9,11H2,1-3H3. The first kappa shape index (κ1) is 14.5. The first-order valence-electron chi connectivity index (χ1n) is 7.46. The molecule has 0 saturated heterocycles. The van der Waals surface area contributed by atoms with Gasteiger partial charge in [-0.1, -0.05) is 19.8 Å². The quantitative estimate of drug-likeness (QED) is 0.891. The fourth-order valence-corrected chi connectivity index (χ4v) is 3.40. The van der Waals surface area contributed by atoms with Crippen molar-refractivity contribution in [3.8, 4) is 0 Å². The van der Waals surface area contributed by atoms with Crippen LogP contribution in [0.5, 0.6) is 0 Å². The third kappa shape index (κ3) is 2.84. The molecule has 0 radical (unpaired) electrons. The second-order valence-corrected chi connectivity index (χ2v) is 5.67. The van der Waals surface area contributed by atoms with E-state index in [0.717, 1.165) is 31.5 Å². The monoisotopic (exact) mass is 266 g/mol. The van der Waals surface area contributed by atoms with E-state index in [-0.39, 0.29) is 0 Å². The SMILES string of the molecule is CCOC1(C(O)c2ccnn2CC)CCCC(C)C1.